The first kappa shape index (κ1) is 14.4. The molecule has 4 N–H and O–H groups in total. The molecule has 1 atom stereocenters. The molecule has 4 nitrogen and oxygen atoms in total. The molecule has 0 fully saturated rings. The molecule has 1 aromatic carbocycles. The molecular formula is C13H20FN3O. The van der Waals surface area contributed by atoms with E-state index in [0.29, 0.717) is 18.2 Å². The summed E-state index contributed by atoms with van der Waals surface area (Å²) in [5.74, 6) is -0.476. The molecule has 0 saturated heterocycles. The van der Waals surface area contributed by atoms with E-state index in [1.807, 2.05) is 0 Å². The summed E-state index contributed by atoms with van der Waals surface area (Å²) in [5.41, 5.74) is 6.61. The lowest BCUT2D eigenvalue weighted by Crippen LogP contribution is -2.25. The van der Waals surface area contributed by atoms with E-state index in [4.69, 9.17) is 10.9 Å². The molecule has 100 valence electrons. The fraction of sp³-hybridized carbons (Fsp3) is 0.462. The Kier molecular flexibility index (Phi) is 5.58. The van der Waals surface area contributed by atoms with Gasteiger partial charge in [0.25, 0.3) is 0 Å². The fourth-order valence-electron chi connectivity index (χ4n) is 1.79. The van der Waals surface area contributed by atoms with Gasteiger partial charge in [-0.2, -0.15) is 0 Å². The van der Waals surface area contributed by atoms with Gasteiger partial charge in [-0.3, -0.25) is 0 Å². The van der Waals surface area contributed by atoms with Crippen LogP contribution in [0.2, 0.25) is 0 Å². The van der Waals surface area contributed by atoms with Crippen molar-refractivity contribution in [2.75, 3.05) is 0 Å². The Balaban J connectivity index is 2.74. The molecule has 0 aliphatic rings. The molecule has 0 spiro atoms. The van der Waals surface area contributed by atoms with Crippen LogP contribution in [0.4, 0.5) is 4.39 Å². The van der Waals surface area contributed by atoms with Crippen LogP contribution in [0, 0.1) is 5.82 Å². The monoisotopic (exact) mass is 253 g/mol. The highest BCUT2D eigenvalue weighted by Crippen LogP contribution is 2.10. The van der Waals surface area contributed by atoms with E-state index in [-0.39, 0.29) is 11.7 Å². The van der Waals surface area contributed by atoms with Gasteiger partial charge in [0.2, 0.25) is 0 Å². The van der Waals surface area contributed by atoms with Crippen molar-refractivity contribution in [2.45, 2.75) is 39.3 Å². The number of halogens is 1. The van der Waals surface area contributed by atoms with Crippen molar-refractivity contribution in [3.8, 4) is 0 Å². The van der Waals surface area contributed by atoms with Gasteiger partial charge in [0.05, 0.1) is 0 Å². The molecule has 18 heavy (non-hydrogen) atoms. The van der Waals surface area contributed by atoms with E-state index in [0.717, 1.165) is 18.4 Å². The number of benzene rings is 1. The van der Waals surface area contributed by atoms with Crippen LogP contribution < -0.4 is 11.1 Å². The van der Waals surface area contributed by atoms with Crippen LogP contribution >= 0.6 is 0 Å². The zero-order valence-electron chi connectivity index (χ0n) is 10.8. The minimum atomic E-state index is -0.390. The molecule has 1 aromatic rings. The molecule has 5 heteroatoms. The smallest absolute Gasteiger partial charge is 0.170 e. The largest absolute Gasteiger partial charge is 0.409 e. The van der Waals surface area contributed by atoms with Crippen LogP contribution in [-0.2, 0) is 6.54 Å². The number of amidine groups is 1. The molecule has 0 bridgehead atoms. The fourth-order valence-corrected chi connectivity index (χ4v) is 1.79. The predicted molar refractivity (Wildman–Crippen MR) is 70.1 cm³/mol. The SMILES string of the molecule is CCCC(C)NCc1cc(F)cc(/C(N)=N/O)c1. The second kappa shape index (κ2) is 6.96. The number of hydrogen-bond donors (Lipinski definition) is 3. The zero-order chi connectivity index (χ0) is 13.5. The maximum Gasteiger partial charge on any atom is 0.170 e. The quantitative estimate of drug-likeness (QED) is 0.315. The van der Waals surface area contributed by atoms with Gasteiger partial charge in [0, 0.05) is 18.2 Å². The second-order valence-electron chi connectivity index (χ2n) is 4.40. The van der Waals surface area contributed by atoms with Crippen molar-refractivity contribution in [2.24, 2.45) is 10.9 Å². The van der Waals surface area contributed by atoms with Crippen molar-refractivity contribution in [3.05, 3.63) is 35.1 Å². The topological polar surface area (TPSA) is 70.6 Å². The van der Waals surface area contributed by atoms with Gasteiger partial charge >= 0.3 is 0 Å². The molecule has 0 radical (unpaired) electrons. The first-order valence-corrected chi connectivity index (χ1v) is 6.07. The van der Waals surface area contributed by atoms with Crippen molar-refractivity contribution in [3.63, 3.8) is 0 Å². The summed E-state index contributed by atoms with van der Waals surface area (Å²) in [6.07, 6.45) is 2.18. The van der Waals surface area contributed by atoms with Crippen LogP contribution in [0.5, 0.6) is 0 Å². The number of oxime groups is 1. The number of nitrogens with two attached hydrogens (primary N) is 1. The third-order valence-electron chi connectivity index (χ3n) is 2.74. The van der Waals surface area contributed by atoms with Gasteiger partial charge < -0.3 is 16.3 Å². The van der Waals surface area contributed by atoms with Gasteiger partial charge in [-0.25, -0.2) is 4.39 Å². The van der Waals surface area contributed by atoms with Gasteiger partial charge in [-0.05, 0) is 37.1 Å². The maximum atomic E-state index is 13.4. The third kappa shape index (κ3) is 4.33. The summed E-state index contributed by atoms with van der Waals surface area (Å²) in [7, 11) is 0. The van der Waals surface area contributed by atoms with E-state index < -0.39 is 0 Å². The molecule has 0 aliphatic carbocycles. The maximum absolute atomic E-state index is 13.4. The minimum Gasteiger partial charge on any atom is -0.409 e. The summed E-state index contributed by atoms with van der Waals surface area (Å²) in [5, 5.41) is 14.8. The van der Waals surface area contributed by atoms with Crippen LogP contribution in [0.1, 0.15) is 37.8 Å². The lowest BCUT2D eigenvalue weighted by molar-refractivity contribution is 0.318. The summed E-state index contributed by atoms with van der Waals surface area (Å²) in [4.78, 5) is 0. The van der Waals surface area contributed by atoms with Gasteiger partial charge in [0.15, 0.2) is 5.84 Å². The molecule has 0 heterocycles. The number of rotatable bonds is 6. The van der Waals surface area contributed by atoms with Crippen LogP contribution in [-0.4, -0.2) is 17.1 Å². The molecule has 0 amide bonds. The molecule has 0 saturated carbocycles. The normalized spacial score (nSPS) is 13.6. The van der Waals surface area contributed by atoms with E-state index in [9.17, 15) is 4.39 Å². The second-order valence-corrected chi connectivity index (χ2v) is 4.40. The van der Waals surface area contributed by atoms with Gasteiger partial charge in [-0.15, -0.1) is 0 Å². The van der Waals surface area contributed by atoms with E-state index in [2.05, 4.69) is 24.3 Å². The third-order valence-corrected chi connectivity index (χ3v) is 2.74. The highest BCUT2D eigenvalue weighted by Gasteiger charge is 2.06. The Labute approximate surface area is 107 Å². The van der Waals surface area contributed by atoms with Crippen molar-refractivity contribution >= 4 is 5.84 Å². The van der Waals surface area contributed by atoms with Gasteiger partial charge in [-0.1, -0.05) is 18.5 Å². The Hall–Kier alpha value is -1.62. The Morgan fingerprint density at radius 2 is 2.22 bits per heavy atom. The highest BCUT2D eigenvalue weighted by molar-refractivity contribution is 5.97. The Morgan fingerprint density at radius 3 is 2.83 bits per heavy atom. The van der Waals surface area contributed by atoms with Crippen LogP contribution in [0.15, 0.2) is 23.4 Å². The summed E-state index contributed by atoms with van der Waals surface area (Å²) in [6, 6.07) is 4.78. The van der Waals surface area contributed by atoms with E-state index >= 15 is 0 Å². The highest BCUT2D eigenvalue weighted by atomic mass is 19.1. The number of nitrogens with zero attached hydrogens (tertiary/aromatic N) is 1. The molecule has 0 aromatic heterocycles. The van der Waals surface area contributed by atoms with Crippen LogP contribution in [0.3, 0.4) is 0 Å². The van der Waals surface area contributed by atoms with Crippen molar-refractivity contribution < 1.29 is 9.60 Å². The number of hydrogen-bond acceptors (Lipinski definition) is 3. The first-order valence-electron chi connectivity index (χ1n) is 6.07. The van der Waals surface area contributed by atoms with E-state index in [1.54, 1.807) is 6.07 Å². The molecule has 1 unspecified atom stereocenters. The zero-order valence-corrected chi connectivity index (χ0v) is 10.8. The summed E-state index contributed by atoms with van der Waals surface area (Å²) < 4.78 is 13.4. The minimum absolute atomic E-state index is 0.0858. The Morgan fingerprint density at radius 1 is 1.50 bits per heavy atom. The van der Waals surface area contributed by atoms with Crippen molar-refractivity contribution in [1.29, 1.82) is 0 Å². The van der Waals surface area contributed by atoms with Gasteiger partial charge in [0.1, 0.15) is 5.82 Å². The lowest BCUT2D eigenvalue weighted by atomic mass is 10.1. The molecular weight excluding hydrogens is 233 g/mol. The van der Waals surface area contributed by atoms with Crippen LogP contribution in [0.25, 0.3) is 0 Å². The van der Waals surface area contributed by atoms with Crippen molar-refractivity contribution in [1.82, 2.24) is 5.32 Å². The average molecular weight is 253 g/mol. The average Bonchev–Trinajstić information content (AvgIpc) is 2.35. The first-order chi connectivity index (χ1) is 8.56. The lowest BCUT2D eigenvalue weighted by Gasteiger charge is -2.13. The van der Waals surface area contributed by atoms with E-state index in [1.165, 1.54) is 12.1 Å². The Bertz CT molecular complexity index is 421. The summed E-state index contributed by atoms with van der Waals surface area (Å²) >= 11 is 0. The number of nitrogens with one attached hydrogen (secondary N) is 1. The predicted octanol–water partition coefficient (Wildman–Crippen LogP) is 2.20. The standard InChI is InChI=1S/C13H20FN3O/c1-3-4-9(2)16-8-10-5-11(13(15)17-18)7-12(14)6-10/h5-7,9,16,18H,3-4,8H2,1-2H3,(H2,15,17). The molecule has 0 aliphatic heterocycles. The summed E-state index contributed by atoms with van der Waals surface area (Å²) in [6.45, 7) is 4.77. The molecule has 1 rings (SSSR count).